The van der Waals surface area contributed by atoms with E-state index in [-0.39, 0.29) is 17.4 Å². The largest absolute Gasteiger partial charge is 0.378 e. The average Bonchev–Trinajstić information content (AvgIpc) is 2.35. The lowest BCUT2D eigenvalue weighted by Crippen LogP contribution is -2.66. The van der Waals surface area contributed by atoms with Gasteiger partial charge in [0.2, 0.25) is 5.91 Å². The second kappa shape index (κ2) is 5.17. The van der Waals surface area contributed by atoms with E-state index < -0.39 is 0 Å². The van der Waals surface area contributed by atoms with Gasteiger partial charge in [-0.05, 0) is 33.2 Å². The third-order valence-electron chi connectivity index (χ3n) is 4.69. The van der Waals surface area contributed by atoms with Gasteiger partial charge in [-0.1, -0.05) is 13.8 Å². The molecular formula is C14H26N2O2. The van der Waals surface area contributed by atoms with Crippen molar-refractivity contribution in [2.75, 3.05) is 20.2 Å². The molecule has 1 saturated carbocycles. The molecule has 104 valence electrons. The summed E-state index contributed by atoms with van der Waals surface area (Å²) in [5.41, 5.74) is 0.0846. The number of likely N-dealkylation sites (N-methyl/N-ethyl adjacent to an activating group) is 1. The lowest BCUT2D eigenvalue weighted by Gasteiger charge is -2.57. The molecule has 0 spiro atoms. The molecule has 0 bridgehead atoms. The Morgan fingerprint density at radius 2 is 2.22 bits per heavy atom. The molecule has 1 aliphatic heterocycles. The summed E-state index contributed by atoms with van der Waals surface area (Å²) in [4.78, 5) is 14.4. The van der Waals surface area contributed by atoms with Crippen LogP contribution in [0.25, 0.3) is 0 Å². The molecule has 2 rings (SSSR count). The van der Waals surface area contributed by atoms with Crippen LogP contribution < -0.4 is 5.32 Å². The number of piperidine rings is 1. The zero-order valence-electron chi connectivity index (χ0n) is 12.0. The van der Waals surface area contributed by atoms with Gasteiger partial charge in [-0.15, -0.1) is 0 Å². The minimum atomic E-state index is 0.0145. The maximum atomic E-state index is 12.4. The van der Waals surface area contributed by atoms with Crippen molar-refractivity contribution in [1.82, 2.24) is 10.2 Å². The number of hydrogen-bond acceptors (Lipinski definition) is 3. The van der Waals surface area contributed by atoms with Crippen molar-refractivity contribution in [2.24, 2.45) is 5.41 Å². The molecule has 0 aromatic rings. The molecule has 4 nitrogen and oxygen atoms in total. The highest BCUT2D eigenvalue weighted by Crippen LogP contribution is 2.46. The highest BCUT2D eigenvalue weighted by molar-refractivity contribution is 5.83. The van der Waals surface area contributed by atoms with E-state index in [1.165, 1.54) is 0 Å². The molecule has 1 amide bonds. The van der Waals surface area contributed by atoms with Gasteiger partial charge in [0.05, 0.1) is 12.1 Å². The molecule has 3 unspecified atom stereocenters. The van der Waals surface area contributed by atoms with Crippen LogP contribution in [0.4, 0.5) is 0 Å². The SMILES string of the molecule is CCOC1CC(N2CCCC(NC)C2=O)C1(C)C. The number of carbonyl (C=O) groups is 1. The van der Waals surface area contributed by atoms with Crippen LogP contribution in [-0.4, -0.2) is 49.2 Å². The molecule has 1 N–H and O–H groups in total. The summed E-state index contributed by atoms with van der Waals surface area (Å²) < 4.78 is 5.75. The summed E-state index contributed by atoms with van der Waals surface area (Å²) in [6, 6.07) is 0.360. The Morgan fingerprint density at radius 3 is 2.78 bits per heavy atom. The topological polar surface area (TPSA) is 41.6 Å². The molecular weight excluding hydrogens is 228 g/mol. The van der Waals surface area contributed by atoms with Crippen LogP contribution in [0.3, 0.4) is 0 Å². The third kappa shape index (κ3) is 2.16. The number of likely N-dealkylation sites (tertiary alicyclic amines) is 1. The van der Waals surface area contributed by atoms with E-state index in [2.05, 4.69) is 24.1 Å². The summed E-state index contributed by atoms with van der Waals surface area (Å²) in [5.74, 6) is 0.275. The van der Waals surface area contributed by atoms with Crippen molar-refractivity contribution < 1.29 is 9.53 Å². The molecule has 4 heteroatoms. The van der Waals surface area contributed by atoms with E-state index >= 15 is 0 Å². The van der Waals surface area contributed by atoms with Crippen molar-refractivity contribution in [2.45, 2.75) is 58.2 Å². The molecule has 0 aromatic heterocycles. The van der Waals surface area contributed by atoms with Crippen LogP contribution in [0.15, 0.2) is 0 Å². The van der Waals surface area contributed by atoms with Crippen LogP contribution in [0.5, 0.6) is 0 Å². The fourth-order valence-corrected chi connectivity index (χ4v) is 3.35. The number of rotatable bonds is 4. The van der Waals surface area contributed by atoms with Crippen LogP contribution >= 0.6 is 0 Å². The molecule has 2 fully saturated rings. The van der Waals surface area contributed by atoms with E-state index in [1.807, 2.05) is 14.0 Å². The molecule has 18 heavy (non-hydrogen) atoms. The molecule has 0 aromatic carbocycles. The summed E-state index contributed by atoms with van der Waals surface area (Å²) >= 11 is 0. The Morgan fingerprint density at radius 1 is 1.50 bits per heavy atom. The van der Waals surface area contributed by atoms with Crippen LogP contribution in [0, 0.1) is 5.41 Å². The maximum Gasteiger partial charge on any atom is 0.239 e. The fraction of sp³-hybridized carbons (Fsp3) is 0.929. The quantitative estimate of drug-likeness (QED) is 0.824. The van der Waals surface area contributed by atoms with Crippen LogP contribution in [0.1, 0.15) is 40.0 Å². The summed E-state index contributed by atoms with van der Waals surface area (Å²) in [6.45, 7) is 8.14. The van der Waals surface area contributed by atoms with Crippen molar-refractivity contribution >= 4 is 5.91 Å². The third-order valence-corrected chi connectivity index (χ3v) is 4.69. The Labute approximate surface area is 110 Å². The van der Waals surface area contributed by atoms with Gasteiger partial charge in [0.15, 0.2) is 0 Å². The Balaban J connectivity index is 2.02. The molecule has 1 aliphatic carbocycles. The summed E-state index contributed by atoms with van der Waals surface area (Å²) in [7, 11) is 1.88. The number of amides is 1. The minimum absolute atomic E-state index is 0.0145. The highest BCUT2D eigenvalue weighted by atomic mass is 16.5. The van der Waals surface area contributed by atoms with Gasteiger partial charge < -0.3 is 15.0 Å². The van der Waals surface area contributed by atoms with Gasteiger partial charge in [-0.25, -0.2) is 0 Å². The Bertz CT molecular complexity index is 317. The number of ether oxygens (including phenoxy) is 1. The molecule has 0 radical (unpaired) electrons. The molecule has 2 aliphatic rings. The van der Waals surface area contributed by atoms with E-state index in [4.69, 9.17) is 4.74 Å². The number of nitrogens with one attached hydrogen (secondary N) is 1. The van der Waals surface area contributed by atoms with Crippen LogP contribution in [-0.2, 0) is 9.53 Å². The monoisotopic (exact) mass is 254 g/mol. The lowest BCUT2D eigenvalue weighted by atomic mass is 9.63. The second-order valence-electron chi connectivity index (χ2n) is 6.03. The average molecular weight is 254 g/mol. The summed E-state index contributed by atoms with van der Waals surface area (Å²) in [6.07, 6.45) is 3.36. The first kappa shape index (κ1) is 13.8. The Hall–Kier alpha value is -0.610. The molecule has 3 atom stereocenters. The van der Waals surface area contributed by atoms with Crippen molar-refractivity contribution in [3.05, 3.63) is 0 Å². The van der Waals surface area contributed by atoms with E-state index in [0.717, 1.165) is 32.4 Å². The Kier molecular flexibility index (Phi) is 3.97. The first-order valence-electron chi connectivity index (χ1n) is 7.11. The summed E-state index contributed by atoms with van der Waals surface area (Å²) in [5, 5.41) is 3.13. The van der Waals surface area contributed by atoms with Crippen molar-refractivity contribution in [1.29, 1.82) is 0 Å². The first-order valence-corrected chi connectivity index (χ1v) is 7.11. The number of hydrogen-bond donors (Lipinski definition) is 1. The zero-order valence-corrected chi connectivity index (χ0v) is 12.0. The van der Waals surface area contributed by atoms with Gasteiger partial charge >= 0.3 is 0 Å². The van der Waals surface area contributed by atoms with Gasteiger partial charge in [-0.2, -0.15) is 0 Å². The van der Waals surface area contributed by atoms with E-state index in [1.54, 1.807) is 0 Å². The number of carbonyl (C=O) groups excluding carboxylic acids is 1. The van der Waals surface area contributed by atoms with E-state index in [9.17, 15) is 4.79 Å². The molecule has 1 saturated heterocycles. The smallest absolute Gasteiger partial charge is 0.239 e. The second-order valence-corrected chi connectivity index (χ2v) is 6.03. The van der Waals surface area contributed by atoms with Gasteiger partial charge in [0.1, 0.15) is 0 Å². The van der Waals surface area contributed by atoms with Crippen molar-refractivity contribution in [3.8, 4) is 0 Å². The van der Waals surface area contributed by atoms with E-state index in [0.29, 0.717) is 12.1 Å². The first-order chi connectivity index (χ1) is 8.52. The standard InChI is InChI=1S/C14H26N2O2/c1-5-18-12-9-11(14(12,2)3)16-8-6-7-10(15-4)13(16)17/h10-12,15H,5-9H2,1-4H3. The number of nitrogens with zero attached hydrogens (tertiary/aromatic N) is 1. The van der Waals surface area contributed by atoms with Crippen LogP contribution in [0.2, 0.25) is 0 Å². The fourth-order valence-electron chi connectivity index (χ4n) is 3.35. The highest BCUT2D eigenvalue weighted by Gasteiger charge is 2.53. The molecule has 1 heterocycles. The normalized spacial score (nSPS) is 35.4. The predicted octanol–water partition coefficient (Wildman–Crippen LogP) is 1.40. The maximum absolute atomic E-state index is 12.4. The van der Waals surface area contributed by atoms with Gasteiger partial charge in [0, 0.05) is 24.6 Å². The van der Waals surface area contributed by atoms with Gasteiger partial charge in [0.25, 0.3) is 0 Å². The van der Waals surface area contributed by atoms with Gasteiger partial charge in [-0.3, -0.25) is 4.79 Å². The predicted molar refractivity (Wildman–Crippen MR) is 71.4 cm³/mol. The zero-order chi connectivity index (χ0) is 13.3. The minimum Gasteiger partial charge on any atom is -0.378 e. The lowest BCUT2D eigenvalue weighted by molar-refractivity contribution is -0.171. The van der Waals surface area contributed by atoms with Crippen molar-refractivity contribution in [3.63, 3.8) is 0 Å².